The molecule has 1 amide bonds. The van der Waals surface area contributed by atoms with Crippen molar-refractivity contribution in [3.63, 3.8) is 0 Å². The van der Waals surface area contributed by atoms with Crippen molar-refractivity contribution in [2.24, 2.45) is 7.05 Å². The Morgan fingerprint density at radius 1 is 1.13 bits per heavy atom. The van der Waals surface area contributed by atoms with E-state index in [9.17, 15) is 14.4 Å². The fourth-order valence-electron chi connectivity index (χ4n) is 3.54. The van der Waals surface area contributed by atoms with E-state index < -0.39 is 17.2 Å². The summed E-state index contributed by atoms with van der Waals surface area (Å²) in [5, 5.41) is 3.44. The molecule has 0 saturated carbocycles. The predicted molar refractivity (Wildman–Crippen MR) is 119 cm³/mol. The highest BCUT2D eigenvalue weighted by Crippen LogP contribution is 2.29. The zero-order valence-electron chi connectivity index (χ0n) is 17.5. The number of nitrogens with one attached hydrogen (secondary N) is 1. The lowest BCUT2D eigenvalue weighted by molar-refractivity contribution is -0.116. The molecule has 0 atom stereocenters. The van der Waals surface area contributed by atoms with Crippen LogP contribution in [0.25, 0.3) is 10.3 Å². The number of nitrogens with zero attached hydrogens (tertiary/aromatic N) is 4. The molecule has 1 N–H and O–H groups in total. The second kappa shape index (κ2) is 8.42. The van der Waals surface area contributed by atoms with E-state index in [0.717, 1.165) is 30.5 Å². The molecule has 0 unspecified atom stereocenters. The lowest BCUT2D eigenvalue weighted by Gasteiger charge is -2.12. The molecule has 0 spiro atoms. The number of methoxy groups -OCH3 is 2. The van der Waals surface area contributed by atoms with Gasteiger partial charge in [0, 0.05) is 44.0 Å². The van der Waals surface area contributed by atoms with Crippen LogP contribution in [0.4, 0.5) is 10.8 Å². The topological polar surface area (TPSA) is 108 Å². The number of hydrogen-bond acceptors (Lipinski definition) is 8. The number of ether oxygens (including phenoxy) is 2. The Hall–Kier alpha value is -3.34. The minimum atomic E-state index is -0.589. The van der Waals surface area contributed by atoms with Gasteiger partial charge in [-0.25, -0.2) is 9.78 Å². The van der Waals surface area contributed by atoms with Gasteiger partial charge in [-0.05, 0) is 12.8 Å². The van der Waals surface area contributed by atoms with E-state index in [0.29, 0.717) is 27.0 Å². The van der Waals surface area contributed by atoms with Crippen LogP contribution in [0.2, 0.25) is 0 Å². The predicted octanol–water partition coefficient (Wildman–Crippen LogP) is 1.41. The molecule has 0 aliphatic carbocycles. The first-order valence-corrected chi connectivity index (χ1v) is 10.6. The number of hydrogen-bond donors (Lipinski definition) is 1. The largest absolute Gasteiger partial charge is 0.497 e. The molecule has 1 aliphatic heterocycles. The van der Waals surface area contributed by atoms with E-state index in [1.54, 1.807) is 18.2 Å². The molecule has 3 aromatic rings. The molecule has 2 aromatic heterocycles. The van der Waals surface area contributed by atoms with Crippen molar-refractivity contribution in [1.82, 2.24) is 14.1 Å². The van der Waals surface area contributed by atoms with Gasteiger partial charge >= 0.3 is 5.69 Å². The Bertz CT molecular complexity index is 1230. The molecule has 1 fully saturated rings. The fraction of sp³-hybridized carbons (Fsp3) is 0.400. The molecular weight excluding hydrogens is 422 g/mol. The summed E-state index contributed by atoms with van der Waals surface area (Å²) >= 11 is 1.26. The standard InChI is InChI=1S/C20H23N5O5S/c1-23-18(27)16-17(22-19(31-16)24-6-4-5-7-24)25(20(23)28)11-15(26)21-12-8-13(29-2)10-14(9-12)30-3/h8-10H,4-7,11H2,1-3H3,(H,21,26). The number of amides is 1. The number of anilines is 2. The second-order valence-corrected chi connectivity index (χ2v) is 8.20. The number of carbonyl (C=O) groups excluding carboxylic acids is 1. The Balaban J connectivity index is 1.68. The van der Waals surface area contributed by atoms with Crippen LogP contribution in [0.3, 0.4) is 0 Å². The van der Waals surface area contributed by atoms with E-state index in [1.807, 2.05) is 0 Å². The number of fused-ring (bicyclic) bond motifs is 1. The molecule has 3 heterocycles. The van der Waals surface area contributed by atoms with Crippen molar-refractivity contribution in [3.8, 4) is 11.5 Å². The minimum absolute atomic E-state index is 0.235. The molecule has 1 aromatic carbocycles. The van der Waals surface area contributed by atoms with Gasteiger partial charge in [0.15, 0.2) is 10.8 Å². The summed E-state index contributed by atoms with van der Waals surface area (Å²) < 4.78 is 13.0. The van der Waals surface area contributed by atoms with Crippen molar-refractivity contribution in [2.45, 2.75) is 19.4 Å². The molecular formula is C20H23N5O5S. The average molecular weight is 446 g/mol. The molecule has 11 heteroatoms. The van der Waals surface area contributed by atoms with Crippen molar-refractivity contribution in [2.75, 3.05) is 37.5 Å². The SMILES string of the molecule is COc1cc(NC(=O)Cn2c(=O)n(C)c(=O)c3sc(N4CCCC4)nc32)cc(OC)c1. The first-order chi connectivity index (χ1) is 14.9. The summed E-state index contributed by atoms with van der Waals surface area (Å²) in [5.41, 5.74) is -0.295. The first kappa shape index (κ1) is 20.9. The quantitative estimate of drug-likeness (QED) is 0.611. The van der Waals surface area contributed by atoms with E-state index in [2.05, 4.69) is 15.2 Å². The molecule has 1 saturated heterocycles. The summed E-state index contributed by atoms with van der Waals surface area (Å²) in [5.74, 6) is 0.602. The second-order valence-electron chi connectivity index (χ2n) is 7.23. The Morgan fingerprint density at radius 3 is 2.39 bits per heavy atom. The molecule has 31 heavy (non-hydrogen) atoms. The number of aromatic nitrogens is 3. The van der Waals surface area contributed by atoms with Gasteiger partial charge in [-0.3, -0.25) is 18.7 Å². The summed E-state index contributed by atoms with van der Waals surface area (Å²) in [6.07, 6.45) is 2.13. The van der Waals surface area contributed by atoms with Crippen molar-refractivity contribution in [1.29, 1.82) is 0 Å². The van der Waals surface area contributed by atoms with E-state index >= 15 is 0 Å². The zero-order valence-corrected chi connectivity index (χ0v) is 18.3. The van der Waals surface area contributed by atoms with Gasteiger partial charge in [-0.15, -0.1) is 0 Å². The molecule has 4 rings (SSSR count). The minimum Gasteiger partial charge on any atom is -0.497 e. The van der Waals surface area contributed by atoms with Gasteiger partial charge in [-0.1, -0.05) is 11.3 Å². The van der Waals surface area contributed by atoms with Gasteiger partial charge < -0.3 is 19.7 Å². The van der Waals surface area contributed by atoms with Crippen molar-refractivity contribution < 1.29 is 14.3 Å². The van der Waals surface area contributed by atoms with Crippen LogP contribution in [0.1, 0.15) is 12.8 Å². The fourth-order valence-corrected chi connectivity index (χ4v) is 4.64. The summed E-state index contributed by atoms with van der Waals surface area (Å²) in [4.78, 5) is 44.8. The van der Waals surface area contributed by atoms with Gasteiger partial charge in [0.2, 0.25) is 5.91 Å². The van der Waals surface area contributed by atoms with Crippen LogP contribution >= 0.6 is 11.3 Å². The van der Waals surface area contributed by atoms with Gasteiger partial charge in [-0.2, -0.15) is 0 Å². The maximum Gasteiger partial charge on any atom is 0.332 e. The van der Waals surface area contributed by atoms with Gasteiger partial charge in [0.05, 0.1) is 14.2 Å². The Labute approximate surface area is 181 Å². The normalized spacial score (nSPS) is 13.6. The zero-order chi connectivity index (χ0) is 22.1. The maximum atomic E-state index is 12.8. The van der Waals surface area contributed by atoms with Crippen LogP contribution in [-0.2, 0) is 18.4 Å². The summed E-state index contributed by atoms with van der Waals surface area (Å²) in [6, 6.07) is 4.98. The number of rotatable bonds is 6. The number of thiazole rings is 1. The van der Waals surface area contributed by atoms with Crippen molar-refractivity contribution >= 4 is 38.4 Å². The number of benzene rings is 1. The van der Waals surface area contributed by atoms with Crippen LogP contribution in [0, 0.1) is 0 Å². The maximum absolute atomic E-state index is 12.8. The van der Waals surface area contributed by atoms with Crippen LogP contribution < -0.4 is 30.9 Å². The summed E-state index contributed by atoms with van der Waals surface area (Å²) in [7, 11) is 4.43. The third kappa shape index (κ3) is 4.00. The van der Waals surface area contributed by atoms with Gasteiger partial charge in [0.1, 0.15) is 22.7 Å². The molecule has 1 aliphatic rings. The lowest BCUT2D eigenvalue weighted by Crippen LogP contribution is -2.39. The smallest absolute Gasteiger partial charge is 0.332 e. The first-order valence-electron chi connectivity index (χ1n) is 9.79. The molecule has 10 nitrogen and oxygen atoms in total. The Morgan fingerprint density at radius 2 is 1.77 bits per heavy atom. The van der Waals surface area contributed by atoms with Gasteiger partial charge in [0.25, 0.3) is 5.56 Å². The third-order valence-electron chi connectivity index (χ3n) is 5.18. The van der Waals surface area contributed by atoms with E-state index in [4.69, 9.17) is 9.47 Å². The van der Waals surface area contributed by atoms with E-state index in [-0.39, 0.29) is 12.2 Å². The molecule has 0 bridgehead atoms. The highest BCUT2D eigenvalue weighted by atomic mass is 32.1. The third-order valence-corrected chi connectivity index (χ3v) is 6.28. The number of carbonyl (C=O) groups is 1. The summed E-state index contributed by atoms with van der Waals surface area (Å²) in [6.45, 7) is 1.44. The van der Waals surface area contributed by atoms with E-state index in [1.165, 1.54) is 37.2 Å². The van der Waals surface area contributed by atoms with Crippen LogP contribution in [0.5, 0.6) is 11.5 Å². The highest BCUT2D eigenvalue weighted by molar-refractivity contribution is 7.22. The van der Waals surface area contributed by atoms with Crippen LogP contribution in [0.15, 0.2) is 27.8 Å². The monoisotopic (exact) mass is 445 g/mol. The Kier molecular flexibility index (Phi) is 5.68. The highest BCUT2D eigenvalue weighted by Gasteiger charge is 2.22. The lowest BCUT2D eigenvalue weighted by atomic mass is 10.2. The molecule has 164 valence electrons. The van der Waals surface area contributed by atoms with Crippen LogP contribution in [-0.4, -0.2) is 47.3 Å². The average Bonchev–Trinajstić information content (AvgIpc) is 3.45. The molecule has 0 radical (unpaired) electrons. The van der Waals surface area contributed by atoms with Crippen molar-refractivity contribution in [3.05, 3.63) is 39.0 Å².